The Bertz CT molecular complexity index is 1920. The Morgan fingerprint density at radius 3 is 2.34 bits per heavy atom. The van der Waals surface area contributed by atoms with Crippen molar-refractivity contribution in [1.82, 2.24) is 14.8 Å². The van der Waals surface area contributed by atoms with E-state index in [4.69, 9.17) is 9.84 Å². The first kappa shape index (κ1) is 30.7. The zero-order valence-electron chi connectivity index (χ0n) is 26.9. The number of rotatable bonds is 7. The lowest BCUT2D eigenvalue weighted by atomic mass is 9.92. The molecule has 0 radical (unpaired) electrons. The monoisotopic (exact) mass is 646 g/mol. The lowest BCUT2D eigenvalue weighted by Gasteiger charge is -2.23. The highest BCUT2D eigenvalue weighted by atomic mass is 32.1. The highest BCUT2D eigenvalue weighted by Gasteiger charge is 2.24. The highest BCUT2D eigenvalue weighted by molar-refractivity contribution is 7.19. The number of aryl methyl sites for hydroxylation is 2. The van der Waals surface area contributed by atoms with Gasteiger partial charge in [-0.05, 0) is 109 Å². The van der Waals surface area contributed by atoms with Crippen LogP contribution in [0.25, 0.3) is 16.1 Å². The average molecular weight is 647 g/mol. The summed E-state index contributed by atoms with van der Waals surface area (Å²) in [7, 11) is 0. The van der Waals surface area contributed by atoms with E-state index in [0.717, 1.165) is 59.2 Å². The molecule has 0 spiro atoms. The van der Waals surface area contributed by atoms with E-state index in [2.05, 4.69) is 54.6 Å². The number of fused-ring (bicyclic) bond motifs is 1. The molecule has 1 fully saturated rings. The largest absolute Gasteiger partial charge is 0.457 e. The van der Waals surface area contributed by atoms with Gasteiger partial charge in [-0.2, -0.15) is 5.10 Å². The summed E-state index contributed by atoms with van der Waals surface area (Å²) in [6.07, 6.45) is 7.73. The van der Waals surface area contributed by atoms with Gasteiger partial charge in [-0.3, -0.25) is 15.0 Å². The minimum atomic E-state index is -0.354. The van der Waals surface area contributed by atoms with Crippen LogP contribution in [0.2, 0.25) is 0 Å². The molecular weight excluding hydrogens is 609 g/mol. The number of anilines is 3. The molecule has 2 aromatic heterocycles. The number of urea groups is 1. The number of ether oxygens (including phenoxy) is 1. The van der Waals surface area contributed by atoms with Crippen molar-refractivity contribution in [1.29, 1.82) is 0 Å². The van der Waals surface area contributed by atoms with Crippen molar-refractivity contribution in [2.45, 2.75) is 64.7 Å². The minimum Gasteiger partial charge on any atom is -0.457 e. The van der Waals surface area contributed by atoms with Crippen LogP contribution in [0.4, 0.5) is 21.4 Å². The number of hydrogen-bond acceptors (Lipinski definition) is 6. The fourth-order valence-electron chi connectivity index (χ4n) is 5.96. The molecular formula is C37H38N6O3S. The molecule has 7 rings (SSSR count). The predicted molar refractivity (Wildman–Crippen MR) is 187 cm³/mol. The van der Waals surface area contributed by atoms with Crippen molar-refractivity contribution >= 4 is 39.9 Å². The van der Waals surface area contributed by atoms with E-state index in [1.165, 1.54) is 28.9 Å². The van der Waals surface area contributed by atoms with Crippen molar-refractivity contribution in [3.63, 3.8) is 0 Å². The van der Waals surface area contributed by atoms with Gasteiger partial charge >= 0.3 is 6.03 Å². The predicted octanol–water partition coefficient (Wildman–Crippen LogP) is 8.74. The molecule has 47 heavy (non-hydrogen) atoms. The maximum absolute atomic E-state index is 13.1. The van der Waals surface area contributed by atoms with Crippen molar-refractivity contribution in [3.05, 3.63) is 95.8 Å². The van der Waals surface area contributed by atoms with Gasteiger partial charge in [0.15, 0.2) is 5.13 Å². The maximum atomic E-state index is 13.1. The number of hydrogen-bond donors (Lipinski definition) is 2. The Balaban J connectivity index is 0.985. The highest BCUT2D eigenvalue weighted by Crippen LogP contribution is 2.34. The molecule has 1 aliphatic heterocycles. The van der Waals surface area contributed by atoms with Crippen LogP contribution in [0.15, 0.2) is 79.0 Å². The number of amides is 3. The zero-order valence-corrected chi connectivity index (χ0v) is 27.7. The Morgan fingerprint density at radius 1 is 0.851 bits per heavy atom. The molecule has 10 heteroatoms. The number of nitrogens with one attached hydrogen (secondary N) is 2. The van der Waals surface area contributed by atoms with E-state index in [1.807, 2.05) is 65.5 Å². The number of carbonyl (C=O) groups excluding carboxylic acids is 2. The molecule has 2 N–H and O–H groups in total. The second kappa shape index (κ2) is 12.7. The summed E-state index contributed by atoms with van der Waals surface area (Å²) < 4.78 is 7.89. The third kappa shape index (κ3) is 6.78. The Kier molecular flexibility index (Phi) is 8.28. The molecule has 5 aromatic rings. The van der Waals surface area contributed by atoms with Gasteiger partial charge in [-0.1, -0.05) is 38.2 Å². The molecule has 3 aromatic carbocycles. The lowest BCUT2D eigenvalue weighted by Crippen LogP contribution is -2.34. The molecule has 240 valence electrons. The number of carbonyl (C=O) groups is 2. The Labute approximate surface area is 278 Å². The van der Waals surface area contributed by atoms with Crippen LogP contribution >= 0.6 is 11.3 Å². The summed E-state index contributed by atoms with van der Waals surface area (Å²) in [5.41, 5.74) is 6.06. The minimum absolute atomic E-state index is 0.148. The number of piperidine rings is 1. The van der Waals surface area contributed by atoms with Gasteiger partial charge in [0.1, 0.15) is 17.3 Å². The van der Waals surface area contributed by atoms with Crippen LogP contribution < -0.4 is 20.3 Å². The van der Waals surface area contributed by atoms with Gasteiger partial charge in [0.05, 0.1) is 16.3 Å². The normalized spacial score (nSPS) is 14.6. The summed E-state index contributed by atoms with van der Waals surface area (Å²) in [4.78, 5) is 32.7. The fraction of sp³-hybridized carbons (Fsp3) is 0.297. The summed E-state index contributed by atoms with van der Waals surface area (Å²) in [6.45, 7) is 7.07. The molecule has 0 unspecified atom stereocenters. The van der Waals surface area contributed by atoms with Crippen LogP contribution in [0.5, 0.6) is 11.5 Å². The molecule has 0 bridgehead atoms. The van der Waals surface area contributed by atoms with Gasteiger partial charge in [-0.15, -0.1) is 0 Å². The van der Waals surface area contributed by atoms with E-state index in [0.29, 0.717) is 29.4 Å². The number of benzene rings is 3. The first-order chi connectivity index (χ1) is 22.7. The third-order valence-corrected chi connectivity index (χ3v) is 9.65. The summed E-state index contributed by atoms with van der Waals surface area (Å²) >= 11 is 1.53. The van der Waals surface area contributed by atoms with Crippen molar-refractivity contribution in [3.8, 4) is 27.6 Å². The lowest BCUT2D eigenvalue weighted by molar-refractivity contribution is -0.119. The number of aromatic nitrogens is 3. The summed E-state index contributed by atoms with van der Waals surface area (Å²) in [6, 6.07) is 23.1. The first-order valence-corrected chi connectivity index (χ1v) is 17.0. The number of nitrogens with zero attached hydrogens (tertiary/aromatic N) is 4. The molecule has 2 aliphatic rings. The zero-order chi connectivity index (χ0) is 32.5. The van der Waals surface area contributed by atoms with E-state index in [-0.39, 0.29) is 17.4 Å². The van der Waals surface area contributed by atoms with Gasteiger partial charge in [0, 0.05) is 36.3 Å². The molecule has 0 atom stereocenters. The SMILES string of the molecule is CC(C)(C)c1cc(NC(=O)Nc2ccc(Oc3ccc(-c4cnc(N5CCCCC5=O)s4)cc3)cc2)n(-c2ccc3c(c2)CCC3)n1. The Morgan fingerprint density at radius 2 is 1.60 bits per heavy atom. The second-order valence-electron chi connectivity index (χ2n) is 13.1. The van der Waals surface area contributed by atoms with Crippen LogP contribution in [0, 0.1) is 0 Å². The standard InChI is InChI=1S/C37H38N6O3S/c1-37(2,3)32-22-33(43(41-32)28-15-10-24-7-6-8-26(24)21-28)40-35(45)39-27-13-18-30(19-14-27)46-29-16-11-25(12-17-29)31-23-38-36(47-31)42-20-5-4-9-34(42)44/h10-19,21-23H,4-9,20H2,1-3H3,(H2,39,40,45). The fourth-order valence-corrected chi connectivity index (χ4v) is 6.93. The quantitative estimate of drug-likeness (QED) is 0.184. The second-order valence-corrected chi connectivity index (χ2v) is 14.1. The summed E-state index contributed by atoms with van der Waals surface area (Å²) in [5.74, 6) is 2.10. The Hall–Kier alpha value is -4.96. The molecule has 9 nitrogen and oxygen atoms in total. The van der Waals surface area contributed by atoms with E-state index >= 15 is 0 Å². The maximum Gasteiger partial charge on any atom is 0.324 e. The molecule has 1 aliphatic carbocycles. The van der Waals surface area contributed by atoms with Crippen LogP contribution in [-0.4, -0.2) is 33.2 Å². The third-order valence-electron chi connectivity index (χ3n) is 8.58. The van der Waals surface area contributed by atoms with Gasteiger partial charge < -0.3 is 10.1 Å². The van der Waals surface area contributed by atoms with E-state index in [1.54, 1.807) is 4.90 Å². The summed E-state index contributed by atoms with van der Waals surface area (Å²) in [5, 5.41) is 11.6. The van der Waals surface area contributed by atoms with E-state index in [9.17, 15) is 9.59 Å². The van der Waals surface area contributed by atoms with Gasteiger partial charge in [-0.25, -0.2) is 14.5 Å². The molecule has 3 amide bonds. The van der Waals surface area contributed by atoms with E-state index < -0.39 is 0 Å². The van der Waals surface area contributed by atoms with Crippen LogP contribution in [-0.2, 0) is 23.1 Å². The van der Waals surface area contributed by atoms with Crippen molar-refractivity contribution in [2.75, 3.05) is 22.1 Å². The van der Waals surface area contributed by atoms with Crippen molar-refractivity contribution < 1.29 is 14.3 Å². The van der Waals surface area contributed by atoms with Crippen LogP contribution in [0.1, 0.15) is 63.3 Å². The van der Waals surface area contributed by atoms with Gasteiger partial charge in [0.2, 0.25) is 5.91 Å². The first-order valence-electron chi connectivity index (χ1n) is 16.1. The smallest absolute Gasteiger partial charge is 0.324 e. The van der Waals surface area contributed by atoms with Gasteiger partial charge in [0.25, 0.3) is 0 Å². The molecule has 1 saturated heterocycles. The van der Waals surface area contributed by atoms with Crippen molar-refractivity contribution in [2.24, 2.45) is 0 Å². The molecule has 3 heterocycles. The average Bonchev–Trinajstić information content (AvgIpc) is 3.82. The molecule has 0 saturated carbocycles. The van der Waals surface area contributed by atoms with Crippen LogP contribution in [0.3, 0.4) is 0 Å². The number of thiazole rings is 1. The topological polar surface area (TPSA) is 101 Å².